The third-order valence-electron chi connectivity index (χ3n) is 2.50. The maximum absolute atomic E-state index is 11.5. The molecule has 19 heavy (non-hydrogen) atoms. The molecule has 0 unspecified atom stereocenters. The van der Waals surface area contributed by atoms with Crippen LogP contribution >= 0.6 is 0 Å². The van der Waals surface area contributed by atoms with Gasteiger partial charge in [-0.2, -0.15) is 5.10 Å². The molecular weight excluding hydrogens is 242 g/mol. The second kappa shape index (κ2) is 8.13. The molecule has 0 aliphatic carbocycles. The SMILES string of the molecule is CCOc1ccc(NCC(=O)NN=C(C)CC)cc1. The van der Waals surface area contributed by atoms with Gasteiger partial charge in [0.1, 0.15) is 5.75 Å². The van der Waals surface area contributed by atoms with Crippen LogP contribution in [0.2, 0.25) is 0 Å². The summed E-state index contributed by atoms with van der Waals surface area (Å²) < 4.78 is 5.34. The first-order valence-corrected chi connectivity index (χ1v) is 6.44. The van der Waals surface area contributed by atoms with Crippen molar-refractivity contribution in [3.63, 3.8) is 0 Å². The van der Waals surface area contributed by atoms with Gasteiger partial charge in [0.2, 0.25) is 0 Å². The Labute approximate surface area is 114 Å². The summed E-state index contributed by atoms with van der Waals surface area (Å²) in [6, 6.07) is 7.48. The van der Waals surface area contributed by atoms with Crippen molar-refractivity contribution in [2.45, 2.75) is 27.2 Å². The van der Waals surface area contributed by atoms with Crippen molar-refractivity contribution < 1.29 is 9.53 Å². The largest absolute Gasteiger partial charge is 0.494 e. The van der Waals surface area contributed by atoms with Crippen molar-refractivity contribution in [1.29, 1.82) is 0 Å². The molecule has 1 aromatic carbocycles. The number of ether oxygens (including phenoxy) is 1. The van der Waals surface area contributed by atoms with E-state index in [0.29, 0.717) is 6.61 Å². The van der Waals surface area contributed by atoms with Crippen LogP contribution in [0.5, 0.6) is 5.75 Å². The van der Waals surface area contributed by atoms with Gasteiger partial charge >= 0.3 is 0 Å². The monoisotopic (exact) mass is 263 g/mol. The Balaban J connectivity index is 2.37. The number of benzene rings is 1. The molecule has 1 rings (SSSR count). The number of hydrogen-bond acceptors (Lipinski definition) is 4. The fourth-order valence-corrected chi connectivity index (χ4v) is 1.29. The van der Waals surface area contributed by atoms with Crippen molar-refractivity contribution in [3.05, 3.63) is 24.3 Å². The van der Waals surface area contributed by atoms with E-state index < -0.39 is 0 Å². The first kappa shape index (κ1) is 15.0. The van der Waals surface area contributed by atoms with E-state index in [1.807, 2.05) is 45.0 Å². The molecule has 1 aromatic rings. The van der Waals surface area contributed by atoms with Crippen LogP contribution in [-0.4, -0.2) is 24.8 Å². The van der Waals surface area contributed by atoms with Gasteiger partial charge in [-0.1, -0.05) is 6.92 Å². The second-order valence-electron chi connectivity index (χ2n) is 4.05. The summed E-state index contributed by atoms with van der Waals surface area (Å²) in [7, 11) is 0. The van der Waals surface area contributed by atoms with E-state index in [4.69, 9.17) is 4.74 Å². The first-order chi connectivity index (χ1) is 9.15. The van der Waals surface area contributed by atoms with E-state index in [9.17, 15) is 4.79 Å². The topological polar surface area (TPSA) is 62.7 Å². The number of rotatable bonds is 7. The molecule has 5 heteroatoms. The lowest BCUT2D eigenvalue weighted by atomic mass is 10.3. The van der Waals surface area contributed by atoms with Crippen molar-refractivity contribution in [2.75, 3.05) is 18.5 Å². The molecule has 0 saturated carbocycles. The Kier molecular flexibility index (Phi) is 6.43. The van der Waals surface area contributed by atoms with Crippen LogP contribution in [0, 0.1) is 0 Å². The van der Waals surface area contributed by atoms with Gasteiger partial charge in [0.15, 0.2) is 0 Å². The number of nitrogens with zero attached hydrogens (tertiary/aromatic N) is 1. The number of hydrogen-bond donors (Lipinski definition) is 2. The van der Waals surface area contributed by atoms with E-state index >= 15 is 0 Å². The summed E-state index contributed by atoms with van der Waals surface area (Å²) in [5.41, 5.74) is 4.26. The molecule has 0 aliphatic heterocycles. The second-order valence-corrected chi connectivity index (χ2v) is 4.05. The summed E-state index contributed by atoms with van der Waals surface area (Å²) >= 11 is 0. The number of carbonyl (C=O) groups is 1. The normalized spacial score (nSPS) is 11.0. The lowest BCUT2D eigenvalue weighted by Crippen LogP contribution is -2.26. The smallest absolute Gasteiger partial charge is 0.259 e. The van der Waals surface area contributed by atoms with Gasteiger partial charge in [0, 0.05) is 11.4 Å². The predicted octanol–water partition coefficient (Wildman–Crippen LogP) is 2.40. The molecule has 104 valence electrons. The third kappa shape index (κ3) is 5.90. The van der Waals surface area contributed by atoms with Crippen LogP contribution in [0.25, 0.3) is 0 Å². The minimum atomic E-state index is -0.165. The van der Waals surface area contributed by atoms with Crippen molar-refractivity contribution >= 4 is 17.3 Å². The highest BCUT2D eigenvalue weighted by molar-refractivity contribution is 5.85. The zero-order valence-corrected chi connectivity index (χ0v) is 11.7. The lowest BCUT2D eigenvalue weighted by molar-refractivity contribution is -0.119. The number of amides is 1. The molecule has 2 N–H and O–H groups in total. The van der Waals surface area contributed by atoms with E-state index in [-0.39, 0.29) is 12.5 Å². The average Bonchev–Trinajstić information content (AvgIpc) is 2.44. The fourth-order valence-electron chi connectivity index (χ4n) is 1.29. The highest BCUT2D eigenvalue weighted by atomic mass is 16.5. The predicted molar refractivity (Wildman–Crippen MR) is 77.6 cm³/mol. The number of nitrogens with one attached hydrogen (secondary N) is 2. The van der Waals surface area contributed by atoms with Crippen molar-refractivity contribution in [2.24, 2.45) is 5.10 Å². The van der Waals surface area contributed by atoms with Crippen LogP contribution in [-0.2, 0) is 4.79 Å². The summed E-state index contributed by atoms with van der Waals surface area (Å²) in [5, 5.41) is 6.97. The molecule has 0 heterocycles. The van der Waals surface area contributed by atoms with Crippen LogP contribution in [0.3, 0.4) is 0 Å². The Bertz CT molecular complexity index is 427. The van der Waals surface area contributed by atoms with E-state index in [1.54, 1.807) is 0 Å². The zero-order chi connectivity index (χ0) is 14.1. The van der Waals surface area contributed by atoms with Crippen molar-refractivity contribution in [3.8, 4) is 5.75 Å². The molecule has 0 spiro atoms. The molecule has 0 fully saturated rings. The van der Waals surface area contributed by atoms with E-state index in [1.165, 1.54) is 0 Å². The van der Waals surface area contributed by atoms with Gasteiger partial charge in [-0.25, -0.2) is 5.43 Å². The quantitative estimate of drug-likeness (QED) is 0.586. The summed E-state index contributed by atoms with van der Waals surface area (Å²) in [4.78, 5) is 11.5. The highest BCUT2D eigenvalue weighted by Crippen LogP contribution is 2.15. The van der Waals surface area contributed by atoms with E-state index in [2.05, 4.69) is 15.8 Å². The summed E-state index contributed by atoms with van der Waals surface area (Å²) in [5.74, 6) is 0.655. The number of hydrazone groups is 1. The van der Waals surface area contributed by atoms with Gasteiger partial charge < -0.3 is 10.1 Å². The highest BCUT2D eigenvalue weighted by Gasteiger charge is 2.00. The molecular formula is C14H21N3O2. The van der Waals surface area contributed by atoms with Gasteiger partial charge in [-0.15, -0.1) is 0 Å². The maximum Gasteiger partial charge on any atom is 0.259 e. The molecule has 5 nitrogen and oxygen atoms in total. The number of anilines is 1. The summed E-state index contributed by atoms with van der Waals surface area (Å²) in [6.45, 7) is 6.64. The van der Waals surface area contributed by atoms with Gasteiger partial charge in [0.25, 0.3) is 5.91 Å². The maximum atomic E-state index is 11.5. The molecule has 0 radical (unpaired) electrons. The van der Waals surface area contributed by atoms with Crippen molar-refractivity contribution in [1.82, 2.24) is 5.43 Å². The van der Waals surface area contributed by atoms with Crippen LogP contribution in [0.4, 0.5) is 5.69 Å². The Morgan fingerprint density at radius 2 is 1.95 bits per heavy atom. The third-order valence-corrected chi connectivity index (χ3v) is 2.50. The van der Waals surface area contributed by atoms with Gasteiger partial charge in [-0.05, 0) is 44.5 Å². The molecule has 0 saturated heterocycles. The van der Waals surface area contributed by atoms with Gasteiger partial charge in [0.05, 0.1) is 13.2 Å². The minimum absolute atomic E-state index is 0.165. The molecule has 0 aliphatic rings. The fraction of sp³-hybridized carbons (Fsp3) is 0.429. The Morgan fingerprint density at radius 1 is 1.26 bits per heavy atom. The van der Waals surface area contributed by atoms with E-state index in [0.717, 1.165) is 23.6 Å². The summed E-state index contributed by atoms with van der Waals surface area (Å²) in [6.07, 6.45) is 0.826. The molecule has 0 aromatic heterocycles. The Morgan fingerprint density at radius 3 is 2.53 bits per heavy atom. The van der Waals surface area contributed by atoms with Crippen LogP contribution in [0.1, 0.15) is 27.2 Å². The molecule has 1 amide bonds. The minimum Gasteiger partial charge on any atom is -0.494 e. The Hall–Kier alpha value is -2.04. The van der Waals surface area contributed by atoms with Crippen LogP contribution in [0.15, 0.2) is 29.4 Å². The van der Waals surface area contributed by atoms with Crippen LogP contribution < -0.4 is 15.5 Å². The molecule has 0 atom stereocenters. The average molecular weight is 263 g/mol. The standard InChI is InChI=1S/C14H21N3O2/c1-4-11(3)16-17-14(18)10-15-12-6-8-13(9-7-12)19-5-2/h6-9,15H,4-5,10H2,1-3H3,(H,17,18). The first-order valence-electron chi connectivity index (χ1n) is 6.44. The lowest BCUT2D eigenvalue weighted by Gasteiger charge is -2.07. The zero-order valence-electron chi connectivity index (χ0n) is 11.7. The molecule has 0 bridgehead atoms. The number of carbonyl (C=O) groups excluding carboxylic acids is 1. The van der Waals surface area contributed by atoms with Gasteiger partial charge in [-0.3, -0.25) is 4.79 Å².